The van der Waals surface area contributed by atoms with Crippen LogP contribution in [-0.2, 0) is 0 Å². The topological polar surface area (TPSA) is 94.3 Å². The van der Waals surface area contributed by atoms with Crippen LogP contribution in [0.5, 0.6) is 34.5 Å². The number of rotatable bonds is 15. The smallest absolute Gasteiger partial charge is 0.203 e. The molecule has 0 unspecified atom stereocenters. The fraction of sp³-hybridized carbons (Fsp3) is 0.243. The highest BCUT2D eigenvalue weighted by atomic mass is 32.1. The number of methoxy groups -OCH3 is 4. The summed E-state index contributed by atoms with van der Waals surface area (Å²) in [7, 11) is 6.35. The van der Waals surface area contributed by atoms with Crippen molar-refractivity contribution in [2.45, 2.75) is 19.3 Å². The molecule has 0 saturated carbocycles. The van der Waals surface area contributed by atoms with E-state index in [4.69, 9.17) is 37.9 Å². The summed E-state index contributed by atoms with van der Waals surface area (Å²) < 4.78 is 41.1. The molecule has 242 valence electrons. The second-order valence-electron chi connectivity index (χ2n) is 10.6. The molecule has 0 saturated heterocycles. The van der Waals surface area contributed by atoms with Crippen LogP contribution in [0.15, 0.2) is 89.5 Å². The van der Waals surface area contributed by atoms with E-state index in [1.807, 2.05) is 66.7 Å². The average Bonchev–Trinajstić information content (AvgIpc) is 3.79. The number of thiazole rings is 1. The zero-order valence-corrected chi connectivity index (χ0v) is 27.6. The van der Waals surface area contributed by atoms with Gasteiger partial charge < -0.3 is 32.9 Å². The maximum absolute atomic E-state index is 6.14. The normalized spacial score (nSPS) is 11.0. The first-order chi connectivity index (χ1) is 23.1. The van der Waals surface area contributed by atoms with Gasteiger partial charge in [0.2, 0.25) is 5.75 Å². The zero-order chi connectivity index (χ0) is 32.6. The molecule has 0 amide bonds. The van der Waals surface area contributed by atoms with E-state index < -0.39 is 0 Å². The highest BCUT2D eigenvalue weighted by Crippen LogP contribution is 2.42. The van der Waals surface area contributed by atoms with Crippen LogP contribution in [-0.4, -0.2) is 51.8 Å². The van der Waals surface area contributed by atoms with Crippen LogP contribution < -0.4 is 28.4 Å². The van der Waals surface area contributed by atoms with Crippen LogP contribution in [0, 0.1) is 0 Å². The van der Waals surface area contributed by atoms with Crippen molar-refractivity contribution in [2.75, 3.05) is 41.7 Å². The molecule has 0 bridgehead atoms. The first kappa shape index (κ1) is 31.7. The molecule has 2 heterocycles. The lowest BCUT2D eigenvalue weighted by Crippen LogP contribution is -2.02. The quantitative estimate of drug-likeness (QED) is 0.101. The number of fused-ring (bicyclic) bond motifs is 1. The Kier molecular flexibility index (Phi) is 10.1. The first-order valence-corrected chi connectivity index (χ1v) is 16.1. The summed E-state index contributed by atoms with van der Waals surface area (Å²) in [6.45, 7) is 1.17. The van der Waals surface area contributed by atoms with Crippen LogP contribution in [0.4, 0.5) is 0 Å². The van der Waals surface area contributed by atoms with Crippen LogP contribution in [0.1, 0.15) is 19.3 Å². The van der Waals surface area contributed by atoms with Gasteiger partial charge in [0, 0.05) is 22.8 Å². The first-order valence-electron chi connectivity index (χ1n) is 15.3. The molecular formula is C37H36N2O7S. The Morgan fingerprint density at radius 3 is 2.11 bits per heavy atom. The number of aromatic nitrogens is 2. The van der Waals surface area contributed by atoms with Gasteiger partial charge in [-0.3, -0.25) is 0 Å². The minimum atomic E-state index is 0.512. The maximum Gasteiger partial charge on any atom is 0.203 e. The highest BCUT2D eigenvalue weighted by Gasteiger charge is 2.18. The van der Waals surface area contributed by atoms with E-state index in [-0.39, 0.29) is 0 Å². The number of unbranched alkanes of at least 4 members (excludes halogenated alkanes) is 2. The predicted octanol–water partition coefficient (Wildman–Crippen LogP) is 8.95. The minimum absolute atomic E-state index is 0.512. The minimum Gasteiger partial charge on any atom is -0.494 e. The zero-order valence-electron chi connectivity index (χ0n) is 26.8. The van der Waals surface area contributed by atoms with Crippen molar-refractivity contribution in [2.24, 2.45) is 0 Å². The van der Waals surface area contributed by atoms with E-state index in [0.717, 1.165) is 52.2 Å². The molecule has 6 aromatic rings. The van der Waals surface area contributed by atoms with E-state index >= 15 is 0 Å². The fourth-order valence-corrected chi connectivity index (χ4v) is 6.15. The van der Waals surface area contributed by atoms with Crippen LogP contribution in [0.2, 0.25) is 0 Å². The number of nitrogens with zero attached hydrogens (tertiary/aromatic N) is 2. The summed E-state index contributed by atoms with van der Waals surface area (Å²) in [6.07, 6.45) is 2.74. The van der Waals surface area contributed by atoms with E-state index in [9.17, 15) is 0 Å². The summed E-state index contributed by atoms with van der Waals surface area (Å²) in [6, 6.07) is 27.5. The second-order valence-corrected chi connectivity index (χ2v) is 11.7. The average molecular weight is 653 g/mol. The summed E-state index contributed by atoms with van der Waals surface area (Å²) in [4.78, 5) is 4.76. The lowest BCUT2D eigenvalue weighted by Gasteiger charge is -2.13. The molecule has 2 aromatic heterocycles. The monoisotopic (exact) mass is 652 g/mol. The van der Waals surface area contributed by atoms with Gasteiger partial charge in [-0.25, -0.2) is 4.98 Å². The van der Waals surface area contributed by atoms with Crippen molar-refractivity contribution >= 4 is 21.6 Å². The summed E-state index contributed by atoms with van der Waals surface area (Å²) in [5.41, 5.74) is 4.29. The highest BCUT2D eigenvalue weighted by molar-refractivity contribution is 7.21. The van der Waals surface area contributed by atoms with Crippen molar-refractivity contribution in [3.63, 3.8) is 0 Å². The van der Waals surface area contributed by atoms with E-state index in [0.29, 0.717) is 53.4 Å². The van der Waals surface area contributed by atoms with Crippen LogP contribution in [0.3, 0.4) is 0 Å². The Balaban J connectivity index is 1.02. The third-order valence-electron chi connectivity index (χ3n) is 7.61. The third kappa shape index (κ3) is 7.28. The maximum atomic E-state index is 6.14. The van der Waals surface area contributed by atoms with Crippen molar-refractivity contribution in [3.8, 4) is 67.6 Å². The molecule has 0 aliphatic heterocycles. The Labute approximate surface area is 277 Å². The molecule has 4 aromatic carbocycles. The van der Waals surface area contributed by atoms with Crippen molar-refractivity contribution in [1.82, 2.24) is 10.1 Å². The molecular weight excluding hydrogens is 616 g/mol. The lowest BCUT2D eigenvalue weighted by atomic mass is 10.1. The van der Waals surface area contributed by atoms with Gasteiger partial charge in [-0.2, -0.15) is 0 Å². The van der Waals surface area contributed by atoms with E-state index in [2.05, 4.69) is 23.4 Å². The number of hydrogen-bond donors (Lipinski definition) is 0. The molecule has 0 N–H and O–H groups in total. The number of ether oxygens (including phenoxy) is 6. The Morgan fingerprint density at radius 1 is 0.617 bits per heavy atom. The van der Waals surface area contributed by atoms with Crippen molar-refractivity contribution < 1.29 is 32.9 Å². The van der Waals surface area contributed by atoms with Gasteiger partial charge in [0.1, 0.15) is 16.5 Å². The van der Waals surface area contributed by atoms with E-state index in [1.165, 1.54) is 4.70 Å². The van der Waals surface area contributed by atoms with Gasteiger partial charge in [-0.05, 0) is 73.9 Å². The molecule has 47 heavy (non-hydrogen) atoms. The lowest BCUT2D eigenvalue weighted by molar-refractivity contribution is 0.270. The number of hydrogen-bond acceptors (Lipinski definition) is 10. The van der Waals surface area contributed by atoms with Gasteiger partial charge in [-0.15, -0.1) is 11.3 Å². The standard InChI is InChI=1S/C37H36N2O7S/c1-40-30-16-15-24(31-23-29(39-46-31)26-21-33(41-2)36(43-4)34(22-26)42-3)20-32(30)45-18-9-5-8-17-44-27-12-10-11-25(19-27)37-38-28-13-6-7-14-35(28)47-37/h6-7,10-16,19-23H,5,8-9,17-18H2,1-4H3. The van der Waals surface area contributed by atoms with Gasteiger partial charge in [0.05, 0.1) is 51.9 Å². The number of benzene rings is 4. The summed E-state index contributed by atoms with van der Waals surface area (Å²) in [5, 5.41) is 5.28. The van der Waals surface area contributed by atoms with Crippen molar-refractivity contribution in [1.29, 1.82) is 0 Å². The molecule has 6 rings (SSSR count). The molecule has 0 spiro atoms. The van der Waals surface area contributed by atoms with Gasteiger partial charge in [0.15, 0.2) is 28.8 Å². The largest absolute Gasteiger partial charge is 0.494 e. The molecule has 0 radical (unpaired) electrons. The molecule has 0 atom stereocenters. The van der Waals surface area contributed by atoms with Gasteiger partial charge in [0.25, 0.3) is 0 Å². The SMILES string of the molecule is COc1ccc(-c2cc(-c3cc(OC)c(OC)c(OC)c3)no2)cc1OCCCCCOc1cccc(-c2nc3ccccc3s2)c1. The fourth-order valence-electron chi connectivity index (χ4n) is 5.19. The summed E-state index contributed by atoms with van der Waals surface area (Å²) in [5.74, 6) is 4.30. The number of para-hydroxylation sites is 1. The van der Waals surface area contributed by atoms with E-state index in [1.54, 1.807) is 39.8 Å². The van der Waals surface area contributed by atoms with Crippen molar-refractivity contribution in [3.05, 3.63) is 84.9 Å². The molecule has 9 nitrogen and oxygen atoms in total. The third-order valence-corrected chi connectivity index (χ3v) is 8.69. The summed E-state index contributed by atoms with van der Waals surface area (Å²) >= 11 is 1.69. The predicted molar refractivity (Wildman–Crippen MR) is 183 cm³/mol. The second kappa shape index (κ2) is 14.9. The Morgan fingerprint density at radius 2 is 1.36 bits per heavy atom. The molecule has 0 aliphatic rings. The Hall–Kier alpha value is -5.22. The van der Waals surface area contributed by atoms with Crippen LogP contribution in [0.25, 0.3) is 43.4 Å². The Bertz CT molecular complexity index is 1890. The molecule has 0 aliphatic carbocycles. The van der Waals surface area contributed by atoms with Gasteiger partial charge >= 0.3 is 0 Å². The molecule has 10 heteroatoms. The van der Waals surface area contributed by atoms with Crippen LogP contribution >= 0.6 is 11.3 Å². The van der Waals surface area contributed by atoms with Gasteiger partial charge in [-0.1, -0.05) is 29.4 Å². The molecule has 0 fully saturated rings.